The van der Waals surface area contributed by atoms with Crippen molar-refractivity contribution in [2.75, 3.05) is 5.73 Å². The Bertz CT molecular complexity index is 731. The molecule has 4 heteroatoms. The number of halogens is 1. The van der Waals surface area contributed by atoms with E-state index >= 15 is 0 Å². The van der Waals surface area contributed by atoms with Gasteiger partial charge in [0.05, 0.1) is 16.7 Å². The summed E-state index contributed by atoms with van der Waals surface area (Å²) in [5.41, 5.74) is 8.40. The van der Waals surface area contributed by atoms with E-state index in [1.807, 2.05) is 35.9 Å². The van der Waals surface area contributed by atoms with E-state index in [1.165, 1.54) is 6.07 Å². The first-order valence-corrected chi connectivity index (χ1v) is 5.64. The molecule has 0 spiro atoms. The summed E-state index contributed by atoms with van der Waals surface area (Å²) in [4.78, 5) is 4.50. The molecule has 0 aliphatic carbocycles. The molecule has 0 fully saturated rings. The summed E-state index contributed by atoms with van der Waals surface area (Å²) in [6.45, 7) is 0. The number of imidazole rings is 1. The minimum Gasteiger partial charge on any atom is -0.396 e. The molecule has 1 aromatic heterocycles. The molecule has 18 heavy (non-hydrogen) atoms. The lowest BCUT2D eigenvalue weighted by Gasteiger charge is -2.06. The number of benzene rings is 2. The van der Waals surface area contributed by atoms with Crippen molar-refractivity contribution in [3.05, 3.63) is 48.3 Å². The number of anilines is 1. The minimum atomic E-state index is -0.417. The van der Waals surface area contributed by atoms with Crippen LogP contribution < -0.4 is 5.73 Å². The van der Waals surface area contributed by atoms with E-state index < -0.39 is 5.82 Å². The van der Waals surface area contributed by atoms with Crippen molar-refractivity contribution < 1.29 is 4.39 Å². The Balaban J connectivity index is 2.32. The van der Waals surface area contributed by atoms with E-state index in [2.05, 4.69) is 4.98 Å². The number of hydrogen-bond acceptors (Lipinski definition) is 2. The molecule has 1 heterocycles. The number of aromatic nitrogens is 2. The van der Waals surface area contributed by atoms with Gasteiger partial charge >= 0.3 is 0 Å². The van der Waals surface area contributed by atoms with Crippen molar-refractivity contribution >= 4 is 16.7 Å². The lowest BCUT2D eigenvalue weighted by molar-refractivity contribution is 0.632. The third kappa shape index (κ3) is 1.46. The van der Waals surface area contributed by atoms with Crippen LogP contribution in [-0.2, 0) is 7.05 Å². The molecule has 0 amide bonds. The Morgan fingerprint density at radius 3 is 2.67 bits per heavy atom. The molecule has 0 saturated carbocycles. The van der Waals surface area contributed by atoms with Gasteiger partial charge in [-0.1, -0.05) is 18.2 Å². The van der Waals surface area contributed by atoms with E-state index in [4.69, 9.17) is 5.73 Å². The molecule has 0 unspecified atom stereocenters. The van der Waals surface area contributed by atoms with Crippen molar-refractivity contribution in [1.29, 1.82) is 0 Å². The van der Waals surface area contributed by atoms with Crippen LogP contribution in [0.1, 0.15) is 0 Å². The molecule has 2 N–H and O–H groups in total. The zero-order valence-electron chi connectivity index (χ0n) is 9.89. The van der Waals surface area contributed by atoms with Gasteiger partial charge in [0.2, 0.25) is 0 Å². The molecule has 0 aliphatic rings. The summed E-state index contributed by atoms with van der Waals surface area (Å²) in [6.07, 6.45) is 0. The smallest absolute Gasteiger partial charge is 0.146 e. The number of hydrogen-bond donors (Lipinski definition) is 1. The Morgan fingerprint density at radius 2 is 1.89 bits per heavy atom. The van der Waals surface area contributed by atoms with E-state index in [0.717, 1.165) is 11.0 Å². The van der Waals surface area contributed by atoms with Crippen LogP contribution in [0.25, 0.3) is 22.4 Å². The molecular formula is C14H12FN3. The van der Waals surface area contributed by atoms with E-state index in [9.17, 15) is 4.39 Å². The molecular weight excluding hydrogens is 229 g/mol. The van der Waals surface area contributed by atoms with Crippen LogP contribution in [0.15, 0.2) is 42.5 Å². The molecule has 0 bridgehead atoms. The molecule has 0 atom stereocenters. The molecule has 3 nitrogen and oxygen atoms in total. The van der Waals surface area contributed by atoms with Crippen molar-refractivity contribution in [2.45, 2.75) is 0 Å². The van der Waals surface area contributed by atoms with Crippen molar-refractivity contribution in [1.82, 2.24) is 9.55 Å². The van der Waals surface area contributed by atoms with Gasteiger partial charge in [0.1, 0.15) is 11.6 Å². The van der Waals surface area contributed by atoms with Gasteiger partial charge in [0, 0.05) is 12.6 Å². The zero-order valence-corrected chi connectivity index (χ0v) is 9.89. The van der Waals surface area contributed by atoms with Crippen LogP contribution in [0.2, 0.25) is 0 Å². The Kier molecular flexibility index (Phi) is 2.30. The molecule has 0 aliphatic heterocycles. The fraction of sp³-hybridized carbons (Fsp3) is 0.0714. The van der Waals surface area contributed by atoms with E-state index in [1.54, 1.807) is 12.1 Å². The van der Waals surface area contributed by atoms with Gasteiger partial charge in [0.15, 0.2) is 0 Å². The van der Waals surface area contributed by atoms with Crippen LogP contribution in [0, 0.1) is 5.82 Å². The average molecular weight is 241 g/mol. The number of nitrogens with zero attached hydrogens (tertiary/aromatic N) is 2. The van der Waals surface area contributed by atoms with Gasteiger partial charge < -0.3 is 10.3 Å². The first kappa shape index (κ1) is 10.8. The maximum absolute atomic E-state index is 13.5. The van der Waals surface area contributed by atoms with Gasteiger partial charge in [-0.15, -0.1) is 0 Å². The highest BCUT2D eigenvalue weighted by Gasteiger charge is 2.13. The summed E-state index contributed by atoms with van der Waals surface area (Å²) < 4.78 is 15.4. The maximum Gasteiger partial charge on any atom is 0.146 e. The molecule has 90 valence electrons. The summed E-state index contributed by atoms with van der Waals surface area (Å²) in [5, 5.41) is 0. The van der Waals surface area contributed by atoms with Crippen LogP contribution in [-0.4, -0.2) is 9.55 Å². The van der Waals surface area contributed by atoms with Crippen LogP contribution in [0.3, 0.4) is 0 Å². The second-order valence-electron chi connectivity index (χ2n) is 4.18. The zero-order chi connectivity index (χ0) is 12.7. The number of nitrogen functional groups attached to an aromatic ring is 1. The van der Waals surface area contributed by atoms with Gasteiger partial charge in [-0.05, 0) is 24.3 Å². The monoisotopic (exact) mass is 241 g/mol. The molecule has 0 radical (unpaired) electrons. The normalized spacial score (nSPS) is 11.0. The minimum absolute atomic E-state index is 0.135. The highest BCUT2D eigenvalue weighted by Crippen LogP contribution is 2.29. The summed E-state index contributed by atoms with van der Waals surface area (Å²) >= 11 is 0. The number of nitrogens with two attached hydrogens (primary N) is 1. The Hall–Kier alpha value is -2.36. The van der Waals surface area contributed by atoms with E-state index in [-0.39, 0.29) is 5.69 Å². The fourth-order valence-corrected chi connectivity index (χ4v) is 2.12. The summed E-state index contributed by atoms with van der Waals surface area (Å²) in [6, 6.07) is 12.5. The average Bonchev–Trinajstić information content (AvgIpc) is 2.71. The van der Waals surface area contributed by atoms with Crippen LogP contribution in [0.5, 0.6) is 0 Å². The van der Waals surface area contributed by atoms with E-state index in [0.29, 0.717) is 11.4 Å². The number of rotatable bonds is 1. The van der Waals surface area contributed by atoms with Gasteiger partial charge in [-0.3, -0.25) is 0 Å². The third-order valence-electron chi connectivity index (χ3n) is 3.08. The Morgan fingerprint density at radius 1 is 1.11 bits per heavy atom. The summed E-state index contributed by atoms with van der Waals surface area (Å²) in [7, 11) is 1.90. The molecule has 3 rings (SSSR count). The second-order valence-corrected chi connectivity index (χ2v) is 4.18. The quantitative estimate of drug-likeness (QED) is 0.666. The standard InChI is InChI=1S/C14H12FN3/c1-18-12-8-3-2-7-11(12)17-14(18)9-5-4-6-10(15)13(9)16/h2-8H,16H2,1H3. The molecule has 0 saturated heterocycles. The number of para-hydroxylation sites is 3. The maximum atomic E-state index is 13.5. The highest BCUT2D eigenvalue weighted by atomic mass is 19.1. The summed E-state index contributed by atoms with van der Waals surface area (Å²) in [5.74, 6) is 0.257. The molecule has 3 aromatic rings. The third-order valence-corrected chi connectivity index (χ3v) is 3.08. The van der Waals surface area contributed by atoms with Gasteiger partial charge in [-0.25, -0.2) is 9.37 Å². The predicted octanol–water partition coefficient (Wildman–Crippen LogP) is 2.96. The second kappa shape index (κ2) is 3.84. The molecule has 2 aromatic carbocycles. The Labute approximate surface area is 104 Å². The largest absolute Gasteiger partial charge is 0.396 e. The van der Waals surface area contributed by atoms with Crippen molar-refractivity contribution in [3.8, 4) is 11.4 Å². The van der Waals surface area contributed by atoms with Gasteiger partial charge in [0.25, 0.3) is 0 Å². The number of fused-ring (bicyclic) bond motifs is 1. The lowest BCUT2D eigenvalue weighted by Crippen LogP contribution is -1.99. The predicted molar refractivity (Wildman–Crippen MR) is 70.5 cm³/mol. The number of aryl methyl sites for hydroxylation is 1. The van der Waals surface area contributed by atoms with Gasteiger partial charge in [-0.2, -0.15) is 0 Å². The SMILES string of the molecule is Cn1c(-c2cccc(F)c2N)nc2ccccc21. The first-order valence-electron chi connectivity index (χ1n) is 5.64. The fourth-order valence-electron chi connectivity index (χ4n) is 2.12. The lowest BCUT2D eigenvalue weighted by atomic mass is 10.1. The van der Waals surface area contributed by atoms with Crippen molar-refractivity contribution in [2.24, 2.45) is 7.05 Å². The van der Waals surface area contributed by atoms with Crippen LogP contribution in [0.4, 0.5) is 10.1 Å². The van der Waals surface area contributed by atoms with Crippen molar-refractivity contribution in [3.63, 3.8) is 0 Å². The highest BCUT2D eigenvalue weighted by molar-refractivity contribution is 5.83. The topological polar surface area (TPSA) is 43.8 Å². The first-order chi connectivity index (χ1) is 8.68. The van der Waals surface area contributed by atoms with Crippen LogP contribution >= 0.6 is 0 Å².